The SMILES string of the molecule is Cc1ccccc1C1CC1C(=O)NC(C)CCO. The third-order valence-corrected chi connectivity index (χ3v) is 3.67. The van der Waals surface area contributed by atoms with Crippen LogP contribution in [0.2, 0.25) is 0 Å². The summed E-state index contributed by atoms with van der Waals surface area (Å²) >= 11 is 0. The number of carbonyl (C=O) groups is 1. The Balaban J connectivity index is 1.91. The molecule has 3 nitrogen and oxygen atoms in total. The maximum atomic E-state index is 12.0. The topological polar surface area (TPSA) is 49.3 Å². The number of benzene rings is 1. The van der Waals surface area contributed by atoms with Gasteiger partial charge in [-0.05, 0) is 43.7 Å². The third-order valence-electron chi connectivity index (χ3n) is 3.67. The molecule has 1 aliphatic carbocycles. The van der Waals surface area contributed by atoms with Gasteiger partial charge in [0, 0.05) is 18.6 Å². The van der Waals surface area contributed by atoms with Crippen LogP contribution in [0.4, 0.5) is 0 Å². The van der Waals surface area contributed by atoms with Crippen molar-refractivity contribution in [2.24, 2.45) is 5.92 Å². The van der Waals surface area contributed by atoms with Gasteiger partial charge in [-0.25, -0.2) is 0 Å². The minimum Gasteiger partial charge on any atom is -0.396 e. The highest BCUT2D eigenvalue weighted by molar-refractivity contribution is 5.83. The van der Waals surface area contributed by atoms with E-state index in [9.17, 15) is 4.79 Å². The third kappa shape index (κ3) is 2.91. The molecule has 0 aromatic heterocycles. The Morgan fingerprint density at radius 2 is 2.22 bits per heavy atom. The molecule has 0 radical (unpaired) electrons. The van der Waals surface area contributed by atoms with Gasteiger partial charge in [-0.15, -0.1) is 0 Å². The summed E-state index contributed by atoms with van der Waals surface area (Å²) in [4.78, 5) is 12.0. The predicted molar refractivity (Wildman–Crippen MR) is 71.3 cm³/mol. The molecule has 98 valence electrons. The zero-order valence-electron chi connectivity index (χ0n) is 11.0. The fourth-order valence-corrected chi connectivity index (χ4v) is 2.45. The fraction of sp³-hybridized carbons (Fsp3) is 0.533. The first-order valence-electron chi connectivity index (χ1n) is 6.60. The van der Waals surface area contributed by atoms with Crippen molar-refractivity contribution in [3.05, 3.63) is 35.4 Å². The Labute approximate surface area is 108 Å². The quantitative estimate of drug-likeness (QED) is 0.836. The van der Waals surface area contributed by atoms with E-state index in [4.69, 9.17) is 5.11 Å². The zero-order chi connectivity index (χ0) is 13.1. The van der Waals surface area contributed by atoms with Crippen LogP contribution in [0.5, 0.6) is 0 Å². The van der Waals surface area contributed by atoms with Crippen LogP contribution in [0.15, 0.2) is 24.3 Å². The fourth-order valence-electron chi connectivity index (χ4n) is 2.45. The summed E-state index contributed by atoms with van der Waals surface area (Å²) in [7, 11) is 0. The molecule has 0 bridgehead atoms. The van der Waals surface area contributed by atoms with Gasteiger partial charge in [-0.3, -0.25) is 4.79 Å². The average Bonchev–Trinajstić information content (AvgIpc) is 3.10. The monoisotopic (exact) mass is 247 g/mol. The molecule has 1 amide bonds. The van der Waals surface area contributed by atoms with Crippen molar-refractivity contribution in [2.45, 2.75) is 38.6 Å². The molecule has 2 N–H and O–H groups in total. The number of carbonyl (C=O) groups excluding carboxylic acids is 1. The Kier molecular flexibility index (Phi) is 4.02. The lowest BCUT2D eigenvalue weighted by Gasteiger charge is -2.12. The van der Waals surface area contributed by atoms with Gasteiger partial charge in [-0.1, -0.05) is 24.3 Å². The second-order valence-corrected chi connectivity index (χ2v) is 5.23. The molecule has 3 atom stereocenters. The van der Waals surface area contributed by atoms with Crippen LogP contribution in [0.25, 0.3) is 0 Å². The molecule has 0 heterocycles. The van der Waals surface area contributed by atoms with Crippen molar-refractivity contribution >= 4 is 5.91 Å². The average molecular weight is 247 g/mol. The van der Waals surface area contributed by atoms with Crippen LogP contribution in [0.3, 0.4) is 0 Å². The molecule has 0 aliphatic heterocycles. The second-order valence-electron chi connectivity index (χ2n) is 5.23. The van der Waals surface area contributed by atoms with Crippen molar-refractivity contribution in [1.82, 2.24) is 5.32 Å². The van der Waals surface area contributed by atoms with Crippen molar-refractivity contribution in [1.29, 1.82) is 0 Å². The minimum absolute atomic E-state index is 0.0561. The van der Waals surface area contributed by atoms with Gasteiger partial charge in [0.15, 0.2) is 0 Å². The standard InChI is InChI=1S/C15H21NO2/c1-10-5-3-4-6-12(10)13-9-14(13)15(18)16-11(2)7-8-17/h3-6,11,13-14,17H,7-9H2,1-2H3,(H,16,18). The zero-order valence-corrected chi connectivity index (χ0v) is 11.0. The molecule has 0 saturated heterocycles. The van der Waals surface area contributed by atoms with E-state index >= 15 is 0 Å². The first-order valence-corrected chi connectivity index (χ1v) is 6.60. The minimum atomic E-state index is 0.0561. The number of hydrogen-bond acceptors (Lipinski definition) is 2. The smallest absolute Gasteiger partial charge is 0.223 e. The van der Waals surface area contributed by atoms with E-state index in [1.54, 1.807) is 0 Å². The lowest BCUT2D eigenvalue weighted by Crippen LogP contribution is -2.34. The number of nitrogens with one attached hydrogen (secondary N) is 1. The first kappa shape index (κ1) is 13.1. The van der Waals surface area contributed by atoms with Gasteiger partial charge in [0.1, 0.15) is 0 Å². The van der Waals surface area contributed by atoms with E-state index in [0.717, 1.165) is 6.42 Å². The Bertz CT molecular complexity index is 430. The highest BCUT2D eigenvalue weighted by atomic mass is 16.3. The number of amides is 1. The number of aryl methyl sites for hydroxylation is 1. The molecule has 3 unspecified atom stereocenters. The molecule has 2 rings (SSSR count). The molecule has 1 fully saturated rings. The Morgan fingerprint density at radius 3 is 2.89 bits per heavy atom. The molecule has 1 aliphatic rings. The van der Waals surface area contributed by atoms with Crippen LogP contribution in [0, 0.1) is 12.8 Å². The highest BCUT2D eigenvalue weighted by Crippen LogP contribution is 2.48. The second kappa shape index (κ2) is 5.53. The summed E-state index contributed by atoms with van der Waals surface area (Å²) in [5.41, 5.74) is 2.56. The molecule has 0 spiro atoms. The summed E-state index contributed by atoms with van der Waals surface area (Å²) in [5, 5.41) is 11.8. The first-order chi connectivity index (χ1) is 8.63. The lowest BCUT2D eigenvalue weighted by molar-refractivity contribution is -0.123. The largest absolute Gasteiger partial charge is 0.396 e. The molecule has 3 heteroatoms. The van der Waals surface area contributed by atoms with Crippen LogP contribution in [-0.2, 0) is 4.79 Å². The number of rotatable bonds is 5. The molecular weight excluding hydrogens is 226 g/mol. The van der Waals surface area contributed by atoms with Crippen molar-refractivity contribution in [2.75, 3.05) is 6.61 Å². The normalized spacial score (nSPS) is 23.5. The van der Waals surface area contributed by atoms with Gasteiger partial charge in [0.05, 0.1) is 0 Å². The van der Waals surface area contributed by atoms with Crippen LogP contribution in [-0.4, -0.2) is 23.7 Å². The van der Waals surface area contributed by atoms with E-state index < -0.39 is 0 Å². The number of aliphatic hydroxyl groups is 1. The van der Waals surface area contributed by atoms with Crippen LogP contribution >= 0.6 is 0 Å². The summed E-state index contributed by atoms with van der Waals surface area (Å²) in [6.45, 7) is 4.14. The van der Waals surface area contributed by atoms with Crippen molar-refractivity contribution in [3.63, 3.8) is 0 Å². The summed E-state index contributed by atoms with van der Waals surface area (Å²) in [5.74, 6) is 0.629. The van der Waals surface area contributed by atoms with E-state index in [-0.39, 0.29) is 24.5 Å². The number of aliphatic hydroxyl groups excluding tert-OH is 1. The van der Waals surface area contributed by atoms with Crippen LogP contribution in [0.1, 0.15) is 36.8 Å². The Hall–Kier alpha value is -1.35. The maximum absolute atomic E-state index is 12.0. The lowest BCUT2D eigenvalue weighted by atomic mass is 10.0. The number of hydrogen-bond donors (Lipinski definition) is 2. The van der Waals surface area contributed by atoms with Gasteiger partial charge < -0.3 is 10.4 Å². The molecular formula is C15H21NO2. The van der Waals surface area contributed by atoms with Gasteiger partial charge >= 0.3 is 0 Å². The summed E-state index contributed by atoms with van der Waals surface area (Å²) in [6, 6.07) is 8.33. The highest BCUT2D eigenvalue weighted by Gasteiger charge is 2.44. The van der Waals surface area contributed by atoms with Crippen molar-refractivity contribution in [3.8, 4) is 0 Å². The summed E-state index contributed by atoms with van der Waals surface area (Å²) in [6.07, 6.45) is 1.57. The molecule has 1 aromatic rings. The van der Waals surface area contributed by atoms with E-state index in [1.807, 2.05) is 19.1 Å². The maximum Gasteiger partial charge on any atom is 0.223 e. The molecule has 1 aromatic carbocycles. The van der Waals surface area contributed by atoms with Gasteiger partial charge in [0.2, 0.25) is 5.91 Å². The van der Waals surface area contributed by atoms with Crippen LogP contribution < -0.4 is 5.32 Å². The molecule has 1 saturated carbocycles. The molecule has 18 heavy (non-hydrogen) atoms. The van der Waals surface area contributed by atoms with E-state index in [2.05, 4.69) is 24.4 Å². The Morgan fingerprint density at radius 1 is 1.50 bits per heavy atom. The van der Waals surface area contributed by atoms with E-state index in [1.165, 1.54) is 11.1 Å². The van der Waals surface area contributed by atoms with Gasteiger partial charge in [0.25, 0.3) is 0 Å². The van der Waals surface area contributed by atoms with Crippen molar-refractivity contribution < 1.29 is 9.90 Å². The predicted octanol–water partition coefficient (Wildman–Crippen LogP) is 1.99. The van der Waals surface area contributed by atoms with Gasteiger partial charge in [-0.2, -0.15) is 0 Å². The summed E-state index contributed by atoms with van der Waals surface area (Å²) < 4.78 is 0. The van der Waals surface area contributed by atoms with E-state index in [0.29, 0.717) is 12.3 Å².